The van der Waals surface area contributed by atoms with Crippen LogP contribution in [0.2, 0.25) is 0 Å². The SMILES string of the molecule is Cl.NCCOc1cc(Br)ccc1F. The summed E-state index contributed by atoms with van der Waals surface area (Å²) < 4.78 is 18.7. The Bertz CT molecular complexity index is 272. The summed E-state index contributed by atoms with van der Waals surface area (Å²) in [6, 6.07) is 4.53. The summed E-state index contributed by atoms with van der Waals surface area (Å²) in [6.07, 6.45) is 0. The fourth-order valence-corrected chi connectivity index (χ4v) is 1.10. The van der Waals surface area contributed by atoms with E-state index in [9.17, 15) is 4.39 Å². The number of hydrogen-bond acceptors (Lipinski definition) is 2. The number of nitrogens with two attached hydrogens (primary N) is 1. The van der Waals surface area contributed by atoms with Crippen molar-refractivity contribution in [1.29, 1.82) is 0 Å². The lowest BCUT2D eigenvalue weighted by atomic mass is 10.3. The second-order valence-corrected chi connectivity index (χ2v) is 3.13. The molecule has 1 aromatic carbocycles. The zero-order valence-electron chi connectivity index (χ0n) is 6.80. The highest BCUT2D eigenvalue weighted by Gasteiger charge is 2.02. The van der Waals surface area contributed by atoms with Gasteiger partial charge >= 0.3 is 0 Å². The molecule has 0 amide bonds. The third-order valence-electron chi connectivity index (χ3n) is 1.27. The molecule has 0 saturated heterocycles. The van der Waals surface area contributed by atoms with Gasteiger partial charge in [-0.2, -0.15) is 0 Å². The van der Waals surface area contributed by atoms with Crippen molar-refractivity contribution in [1.82, 2.24) is 0 Å². The summed E-state index contributed by atoms with van der Waals surface area (Å²) in [5.74, 6) is -0.138. The van der Waals surface area contributed by atoms with E-state index in [-0.39, 0.29) is 24.0 Å². The molecule has 1 rings (SSSR count). The molecule has 2 N–H and O–H groups in total. The Kier molecular flexibility index (Phi) is 6.03. The highest BCUT2D eigenvalue weighted by Crippen LogP contribution is 2.21. The maximum atomic E-state index is 12.9. The second kappa shape index (κ2) is 6.18. The Morgan fingerprint density at radius 1 is 1.46 bits per heavy atom. The fourth-order valence-electron chi connectivity index (χ4n) is 0.757. The molecule has 5 heteroatoms. The van der Waals surface area contributed by atoms with Crippen molar-refractivity contribution < 1.29 is 9.13 Å². The van der Waals surface area contributed by atoms with Crippen molar-refractivity contribution in [2.45, 2.75) is 0 Å². The smallest absolute Gasteiger partial charge is 0.165 e. The number of benzene rings is 1. The van der Waals surface area contributed by atoms with Crippen molar-refractivity contribution in [2.75, 3.05) is 13.2 Å². The maximum Gasteiger partial charge on any atom is 0.165 e. The summed E-state index contributed by atoms with van der Waals surface area (Å²) in [7, 11) is 0. The molecule has 0 aliphatic rings. The quantitative estimate of drug-likeness (QED) is 0.915. The Hall–Kier alpha value is -0.320. The number of hydrogen-bond donors (Lipinski definition) is 1. The van der Waals surface area contributed by atoms with Gasteiger partial charge in [-0.3, -0.25) is 0 Å². The first-order chi connectivity index (χ1) is 5.74. The second-order valence-electron chi connectivity index (χ2n) is 2.21. The van der Waals surface area contributed by atoms with Crippen LogP contribution >= 0.6 is 28.3 Å². The van der Waals surface area contributed by atoms with Gasteiger partial charge in [0.05, 0.1) is 0 Å². The molecule has 0 heterocycles. The summed E-state index contributed by atoms with van der Waals surface area (Å²) in [6.45, 7) is 0.708. The molecule has 13 heavy (non-hydrogen) atoms. The zero-order valence-corrected chi connectivity index (χ0v) is 9.20. The van der Waals surface area contributed by atoms with Gasteiger partial charge in [-0.15, -0.1) is 12.4 Å². The van der Waals surface area contributed by atoms with Crippen molar-refractivity contribution in [3.8, 4) is 5.75 Å². The molecule has 0 aliphatic heterocycles. The van der Waals surface area contributed by atoms with Gasteiger partial charge in [-0.05, 0) is 18.2 Å². The van der Waals surface area contributed by atoms with E-state index in [0.29, 0.717) is 13.2 Å². The lowest BCUT2D eigenvalue weighted by Gasteiger charge is -2.05. The van der Waals surface area contributed by atoms with E-state index >= 15 is 0 Å². The molecule has 0 atom stereocenters. The Balaban J connectivity index is 0.00000144. The Labute approximate surface area is 90.8 Å². The molecule has 0 saturated carbocycles. The summed E-state index contributed by atoms with van der Waals surface area (Å²) >= 11 is 3.21. The van der Waals surface area contributed by atoms with Crippen molar-refractivity contribution in [2.24, 2.45) is 5.73 Å². The number of rotatable bonds is 3. The minimum Gasteiger partial charge on any atom is -0.489 e. The van der Waals surface area contributed by atoms with Gasteiger partial charge < -0.3 is 10.5 Å². The van der Waals surface area contributed by atoms with Crippen LogP contribution in [0, 0.1) is 5.82 Å². The lowest BCUT2D eigenvalue weighted by molar-refractivity contribution is 0.311. The van der Waals surface area contributed by atoms with Crippen LogP contribution in [0.1, 0.15) is 0 Å². The Morgan fingerprint density at radius 2 is 2.15 bits per heavy atom. The number of ether oxygens (including phenoxy) is 1. The minimum atomic E-state index is -0.369. The van der Waals surface area contributed by atoms with Crippen molar-refractivity contribution in [3.63, 3.8) is 0 Å². The summed E-state index contributed by atoms with van der Waals surface area (Å²) in [4.78, 5) is 0. The van der Waals surface area contributed by atoms with Crippen LogP contribution in [-0.2, 0) is 0 Å². The van der Waals surface area contributed by atoms with Crippen LogP contribution < -0.4 is 10.5 Å². The lowest BCUT2D eigenvalue weighted by Crippen LogP contribution is -2.11. The molecule has 2 nitrogen and oxygen atoms in total. The summed E-state index contributed by atoms with van der Waals surface area (Å²) in [5.41, 5.74) is 5.21. The average Bonchev–Trinajstić information content (AvgIpc) is 2.07. The van der Waals surface area contributed by atoms with Crippen LogP contribution in [0.5, 0.6) is 5.75 Å². The van der Waals surface area contributed by atoms with E-state index in [1.165, 1.54) is 6.07 Å². The third-order valence-corrected chi connectivity index (χ3v) is 1.76. The van der Waals surface area contributed by atoms with E-state index in [4.69, 9.17) is 10.5 Å². The van der Waals surface area contributed by atoms with E-state index in [1.54, 1.807) is 12.1 Å². The van der Waals surface area contributed by atoms with Gasteiger partial charge in [0, 0.05) is 11.0 Å². The molecule has 0 radical (unpaired) electrons. The van der Waals surface area contributed by atoms with Crippen LogP contribution in [-0.4, -0.2) is 13.2 Å². The number of halogens is 3. The monoisotopic (exact) mass is 269 g/mol. The average molecular weight is 271 g/mol. The molecule has 74 valence electrons. The predicted molar refractivity (Wildman–Crippen MR) is 55.9 cm³/mol. The van der Waals surface area contributed by atoms with Crippen LogP contribution in [0.25, 0.3) is 0 Å². The zero-order chi connectivity index (χ0) is 8.97. The van der Waals surface area contributed by atoms with Gasteiger partial charge in [-0.25, -0.2) is 4.39 Å². The largest absolute Gasteiger partial charge is 0.489 e. The van der Waals surface area contributed by atoms with Gasteiger partial charge in [0.1, 0.15) is 6.61 Å². The van der Waals surface area contributed by atoms with Gasteiger partial charge in [-0.1, -0.05) is 15.9 Å². The van der Waals surface area contributed by atoms with Gasteiger partial charge in [0.2, 0.25) is 0 Å². The molecule has 0 fully saturated rings. The minimum absolute atomic E-state index is 0. The molecule has 0 unspecified atom stereocenters. The standard InChI is InChI=1S/C8H9BrFNO.ClH/c9-6-1-2-7(10)8(5-6)12-4-3-11;/h1-2,5H,3-4,11H2;1H. The van der Waals surface area contributed by atoms with Crippen LogP contribution in [0.3, 0.4) is 0 Å². The topological polar surface area (TPSA) is 35.2 Å². The summed E-state index contributed by atoms with van der Waals surface area (Å²) in [5, 5.41) is 0. The van der Waals surface area contributed by atoms with Gasteiger partial charge in [0.25, 0.3) is 0 Å². The highest BCUT2D eigenvalue weighted by atomic mass is 79.9. The third kappa shape index (κ3) is 3.93. The normalized spacial score (nSPS) is 9.15. The first-order valence-corrected chi connectivity index (χ1v) is 4.31. The molecule has 1 aromatic rings. The Morgan fingerprint density at radius 3 is 2.77 bits per heavy atom. The van der Waals surface area contributed by atoms with Crippen LogP contribution in [0.4, 0.5) is 4.39 Å². The first kappa shape index (κ1) is 12.7. The van der Waals surface area contributed by atoms with E-state index < -0.39 is 0 Å². The fraction of sp³-hybridized carbons (Fsp3) is 0.250. The molecule has 0 aliphatic carbocycles. The van der Waals surface area contributed by atoms with E-state index in [0.717, 1.165) is 4.47 Å². The predicted octanol–water partition coefficient (Wildman–Crippen LogP) is 2.35. The molecular formula is C8H10BrClFNO. The van der Waals surface area contributed by atoms with E-state index in [1.807, 2.05) is 0 Å². The van der Waals surface area contributed by atoms with E-state index in [2.05, 4.69) is 15.9 Å². The first-order valence-electron chi connectivity index (χ1n) is 3.52. The van der Waals surface area contributed by atoms with Gasteiger partial charge in [0.15, 0.2) is 11.6 Å². The van der Waals surface area contributed by atoms with Crippen molar-refractivity contribution >= 4 is 28.3 Å². The highest BCUT2D eigenvalue weighted by molar-refractivity contribution is 9.10. The maximum absolute atomic E-state index is 12.9. The van der Waals surface area contributed by atoms with Crippen LogP contribution in [0.15, 0.2) is 22.7 Å². The molecule has 0 spiro atoms. The van der Waals surface area contributed by atoms with Crippen molar-refractivity contribution in [3.05, 3.63) is 28.5 Å². The molecule has 0 aromatic heterocycles. The molecular weight excluding hydrogens is 260 g/mol. The molecule has 0 bridgehead atoms.